The van der Waals surface area contributed by atoms with E-state index in [1.165, 1.54) is 0 Å². The first-order chi connectivity index (χ1) is 6.57. The van der Waals surface area contributed by atoms with Crippen molar-refractivity contribution in [3.8, 4) is 5.88 Å². The second kappa shape index (κ2) is 4.60. The Morgan fingerprint density at radius 3 is 2.50 bits per heavy atom. The largest absolute Gasteiger partial charge is 0.471 e. The fourth-order valence-electron chi connectivity index (χ4n) is 0.820. The number of hydrogen-bond donors (Lipinski definition) is 0. The van der Waals surface area contributed by atoms with Crippen molar-refractivity contribution in [3.05, 3.63) is 18.1 Å². The quantitative estimate of drug-likeness (QED) is 0.723. The van der Waals surface area contributed by atoms with Gasteiger partial charge in [-0.05, 0) is 20.3 Å². The first-order valence-electron chi connectivity index (χ1n) is 4.63. The van der Waals surface area contributed by atoms with Crippen LogP contribution in [0.1, 0.15) is 32.9 Å². The average molecular weight is 215 g/mol. The van der Waals surface area contributed by atoms with E-state index in [1.54, 1.807) is 12.4 Å². The maximum absolute atomic E-state index is 5.63. The van der Waals surface area contributed by atoms with Crippen LogP contribution in [0.4, 0.5) is 0 Å². The van der Waals surface area contributed by atoms with Crippen LogP contribution in [0.3, 0.4) is 0 Å². The van der Waals surface area contributed by atoms with Crippen molar-refractivity contribution in [1.29, 1.82) is 0 Å². The summed E-state index contributed by atoms with van der Waals surface area (Å²) in [5, 5.41) is 0. The van der Waals surface area contributed by atoms with E-state index in [-0.39, 0.29) is 5.60 Å². The van der Waals surface area contributed by atoms with Gasteiger partial charge in [0.25, 0.3) is 0 Å². The molecule has 0 aliphatic heterocycles. The van der Waals surface area contributed by atoms with Crippen LogP contribution in [0.15, 0.2) is 12.4 Å². The van der Waals surface area contributed by atoms with Crippen LogP contribution in [-0.4, -0.2) is 15.6 Å². The summed E-state index contributed by atoms with van der Waals surface area (Å²) in [4.78, 5) is 8.21. The van der Waals surface area contributed by atoms with Crippen LogP contribution in [0.2, 0.25) is 0 Å². The lowest BCUT2D eigenvalue weighted by Gasteiger charge is -2.23. The van der Waals surface area contributed by atoms with E-state index >= 15 is 0 Å². The Hall–Kier alpha value is -0.830. The lowest BCUT2D eigenvalue weighted by Crippen LogP contribution is -2.27. The van der Waals surface area contributed by atoms with Crippen molar-refractivity contribution in [2.45, 2.75) is 38.7 Å². The van der Waals surface area contributed by atoms with Gasteiger partial charge in [-0.3, -0.25) is 4.98 Å². The Bertz CT molecular complexity index is 285. The van der Waals surface area contributed by atoms with Gasteiger partial charge in [-0.25, -0.2) is 4.98 Å². The molecule has 78 valence electrons. The third kappa shape index (κ3) is 3.14. The first kappa shape index (κ1) is 11.2. The molecule has 0 amide bonds. The van der Waals surface area contributed by atoms with Crippen molar-refractivity contribution >= 4 is 11.6 Å². The van der Waals surface area contributed by atoms with Gasteiger partial charge in [0.05, 0.1) is 24.0 Å². The van der Waals surface area contributed by atoms with Crippen molar-refractivity contribution in [2.24, 2.45) is 0 Å². The minimum absolute atomic E-state index is 0.197. The number of halogens is 1. The van der Waals surface area contributed by atoms with Gasteiger partial charge in [0.2, 0.25) is 5.88 Å². The second-order valence-corrected chi connectivity index (χ2v) is 3.96. The summed E-state index contributed by atoms with van der Waals surface area (Å²) >= 11 is 5.60. The zero-order chi connectivity index (χ0) is 10.6. The predicted octanol–water partition coefficient (Wildman–Crippen LogP) is 2.78. The number of ether oxygens (including phenoxy) is 1. The fourth-order valence-corrected chi connectivity index (χ4v) is 0.958. The van der Waals surface area contributed by atoms with Crippen LogP contribution >= 0.6 is 11.6 Å². The molecule has 0 fully saturated rings. The van der Waals surface area contributed by atoms with Gasteiger partial charge in [-0.15, -0.1) is 11.6 Å². The topological polar surface area (TPSA) is 35.0 Å². The Labute approximate surface area is 89.5 Å². The van der Waals surface area contributed by atoms with Gasteiger partial charge < -0.3 is 4.74 Å². The molecule has 14 heavy (non-hydrogen) atoms. The molecule has 0 aliphatic rings. The molecular formula is C10H15ClN2O. The zero-order valence-corrected chi connectivity index (χ0v) is 9.51. The summed E-state index contributed by atoms with van der Waals surface area (Å²) in [6.45, 7) is 6.11. The van der Waals surface area contributed by atoms with E-state index in [4.69, 9.17) is 16.3 Å². The first-order valence-corrected chi connectivity index (χ1v) is 5.17. The predicted molar refractivity (Wildman–Crippen MR) is 56.6 cm³/mol. The maximum atomic E-state index is 5.63. The van der Waals surface area contributed by atoms with Gasteiger partial charge in [0, 0.05) is 0 Å². The Morgan fingerprint density at radius 2 is 2.07 bits per heavy atom. The molecule has 0 radical (unpaired) electrons. The molecule has 4 heteroatoms. The standard InChI is InChI=1S/C10H15ClN2O/c1-4-10(2,3)14-9-7-12-8(5-11)6-13-9/h6-7H,4-5H2,1-3H3. The third-order valence-corrected chi connectivity index (χ3v) is 2.32. The summed E-state index contributed by atoms with van der Waals surface area (Å²) in [7, 11) is 0. The molecule has 3 nitrogen and oxygen atoms in total. The molecule has 0 unspecified atom stereocenters. The number of rotatable bonds is 4. The van der Waals surface area contributed by atoms with E-state index in [0.29, 0.717) is 11.8 Å². The molecule has 1 rings (SSSR count). The van der Waals surface area contributed by atoms with Crippen molar-refractivity contribution in [1.82, 2.24) is 9.97 Å². The third-order valence-electron chi connectivity index (χ3n) is 2.05. The Balaban J connectivity index is 2.69. The second-order valence-electron chi connectivity index (χ2n) is 3.69. The van der Waals surface area contributed by atoms with E-state index < -0.39 is 0 Å². The lowest BCUT2D eigenvalue weighted by atomic mass is 10.1. The number of nitrogens with zero attached hydrogens (tertiary/aromatic N) is 2. The van der Waals surface area contributed by atoms with Crippen molar-refractivity contribution < 1.29 is 4.74 Å². The average Bonchev–Trinajstić information content (AvgIpc) is 2.19. The van der Waals surface area contributed by atoms with Gasteiger partial charge in [-0.2, -0.15) is 0 Å². The highest BCUT2D eigenvalue weighted by Crippen LogP contribution is 2.17. The molecule has 1 aromatic rings. The molecule has 0 atom stereocenters. The molecule has 1 heterocycles. The summed E-state index contributed by atoms with van der Waals surface area (Å²) in [6.07, 6.45) is 4.16. The fraction of sp³-hybridized carbons (Fsp3) is 0.600. The summed E-state index contributed by atoms with van der Waals surface area (Å²) in [6, 6.07) is 0. The van der Waals surface area contributed by atoms with Crippen molar-refractivity contribution in [3.63, 3.8) is 0 Å². The monoisotopic (exact) mass is 214 g/mol. The smallest absolute Gasteiger partial charge is 0.232 e. The van der Waals surface area contributed by atoms with E-state index in [0.717, 1.165) is 12.1 Å². The molecule has 0 spiro atoms. The molecule has 0 N–H and O–H groups in total. The van der Waals surface area contributed by atoms with Crippen molar-refractivity contribution in [2.75, 3.05) is 0 Å². The molecule has 1 aromatic heterocycles. The Morgan fingerprint density at radius 1 is 1.36 bits per heavy atom. The molecular weight excluding hydrogens is 200 g/mol. The number of aromatic nitrogens is 2. The highest BCUT2D eigenvalue weighted by Gasteiger charge is 2.17. The molecule has 0 aromatic carbocycles. The van der Waals surface area contributed by atoms with E-state index in [9.17, 15) is 0 Å². The number of hydrogen-bond acceptors (Lipinski definition) is 3. The van der Waals surface area contributed by atoms with Gasteiger partial charge >= 0.3 is 0 Å². The highest BCUT2D eigenvalue weighted by atomic mass is 35.5. The highest BCUT2D eigenvalue weighted by molar-refractivity contribution is 6.16. The van der Waals surface area contributed by atoms with E-state index in [2.05, 4.69) is 16.9 Å². The van der Waals surface area contributed by atoms with Crippen LogP contribution < -0.4 is 4.74 Å². The van der Waals surface area contributed by atoms with Gasteiger partial charge in [0.1, 0.15) is 5.60 Å². The molecule has 0 saturated heterocycles. The Kier molecular flexibility index (Phi) is 3.69. The zero-order valence-electron chi connectivity index (χ0n) is 8.75. The minimum Gasteiger partial charge on any atom is -0.471 e. The maximum Gasteiger partial charge on any atom is 0.232 e. The molecule has 0 aliphatic carbocycles. The summed E-state index contributed by atoms with van der Waals surface area (Å²) < 4.78 is 5.63. The van der Waals surface area contributed by atoms with Gasteiger partial charge in [-0.1, -0.05) is 6.92 Å². The minimum atomic E-state index is -0.197. The lowest BCUT2D eigenvalue weighted by molar-refractivity contribution is 0.0983. The van der Waals surface area contributed by atoms with E-state index in [1.807, 2.05) is 13.8 Å². The SMILES string of the molecule is CCC(C)(C)Oc1cnc(CCl)cn1. The van der Waals surface area contributed by atoms with Crippen LogP contribution in [-0.2, 0) is 5.88 Å². The summed E-state index contributed by atoms with van der Waals surface area (Å²) in [5.74, 6) is 0.926. The van der Waals surface area contributed by atoms with Crippen LogP contribution in [0.25, 0.3) is 0 Å². The summed E-state index contributed by atoms with van der Waals surface area (Å²) in [5.41, 5.74) is 0.560. The molecule has 0 bridgehead atoms. The molecule has 0 saturated carbocycles. The van der Waals surface area contributed by atoms with Gasteiger partial charge in [0.15, 0.2) is 0 Å². The normalized spacial score (nSPS) is 11.4. The van der Waals surface area contributed by atoms with Crippen LogP contribution in [0, 0.1) is 0 Å². The number of alkyl halides is 1. The van der Waals surface area contributed by atoms with Crippen LogP contribution in [0.5, 0.6) is 5.88 Å².